The molecule has 28 valence electrons. The van der Waals surface area contributed by atoms with Crippen LogP contribution in [0, 0.1) is 0 Å². The molecule has 0 fully saturated rings. The summed E-state index contributed by atoms with van der Waals surface area (Å²) in [6.07, 6.45) is 0. The molecule has 0 heterocycles. The van der Waals surface area contributed by atoms with Crippen molar-refractivity contribution in [2.24, 2.45) is 0 Å². The molecule has 0 saturated heterocycles. The minimum absolute atomic E-state index is 0. The number of hydrogen-bond donors (Lipinski definition) is 0. The quantitative estimate of drug-likeness (QED) is 0.361. The molecule has 1 atom stereocenters. The zero-order valence-electron chi connectivity index (χ0n) is 1.91. The van der Waals surface area contributed by atoms with Gasteiger partial charge in [0.05, 0.1) is 0 Å². The molecule has 4 heteroatoms. The molecule has 4 heavy (non-hydrogen) atoms. The van der Waals surface area contributed by atoms with Gasteiger partial charge < -0.3 is 0 Å². The van der Waals surface area contributed by atoms with Gasteiger partial charge in [-0.1, -0.05) is 0 Å². The zero-order chi connectivity index (χ0) is 0. The predicted molar refractivity (Wildman–Crippen MR) is 40.0 cm³/mol. The molecular formula is H10AlPPbS. The van der Waals surface area contributed by atoms with Gasteiger partial charge in [0, 0.05) is 0 Å². The molecule has 0 nitrogen and oxygen atoms in total. The van der Waals surface area contributed by atoms with Gasteiger partial charge in [0.2, 0.25) is 0 Å². The van der Waals surface area contributed by atoms with Crippen molar-refractivity contribution in [1.82, 2.24) is 0 Å². The first-order valence-electron chi connectivity index (χ1n) is 0. The van der Waals surface area contributed by atoms with Gasteiger partial charge in [-0.25, -0.2) is 0 Å². The van der Waals surface area contributed by atoms with Gasteiger partial charge in [0.25, 0.3) is 0 Å². The Morgan fingerprint density at radius 2 is 1.00 bits per heavy atom. The Bertz CT molecular complexity index is 8.00. The van der Waals surface area contributed by atoms with E-state index < -0.39 is 0 Å². The van der Waals surface area contributed by atoms with Crippen molar-refractivity contribution < 1.29 is 0 Å². The average Bonchev–Trinajstić information content (AvgIpc) is 0. The maximum atomic E-state index is 0. The third-order valence-corrected chi connectivity index (χ3v) is 0. The molecule has 0 aromatic heterocycles. The van der Waals surface area contributed by atoms with E-state index in [1.165, 1.54) is 0 Å². The van der Waals surface area contributed by atoms with E-state index in [-0.39, 0.29) is 68.1 Å². The van der Waals surface area contributed by atoms with Crippen LogP contribution >= 0.6 is 23.4 Å². The minimum atomic E-state index is 0. The molecule has 1 unspecified atom stereocenters. The first kappa shape index (κ1) is 34.2. The zero-order valence-corrected chi connectivity index (χ0v) is 9.83. The molecule has 0 spiro atoms. The van der Waals surface area contributed by atoms with Gasteiger partial charge in [-0.3, -0.25) is 0 Å². The summed E-state index contributed by atoms with van der Waals surface area (Å²) in [6, 6.07) is 0. The van der Waals surface area contributed by atoms with E-state index in [0.29, 0.717) is 0 Å². The van der Waals surface area contributed by atoms with Gasteiger partial charge in [0.15, 0.2) is 17.4 Å². The van der Waals surface area contributed by atoms with Crippen LogP contribution in [0.4, 0.5) is 0 Å². The molecule has 0 saturated carbocycles. The second kappa shape index (κ2) is 18.8. The van der Waals surface area contributed by atoms with E-state index >= 15 is 0 Å². The summed E-state index contributed by atoms with van der Waals surface area (Å²) in [5.74, 6) is 0. The van der Waals surface area contributed by atoms with E-state index in [9.17, 15) is 0 Å². The Kier molecular flexibility index (Phi) is 161. The summed E-state index contributed by atoms with van der Waals surface area (Å²) in [6.45, 7) is 0. The number of hydrogen-bond acceptors (Lipinski definition) is 0. The fourth-order valence-electron chi connectivity index (χ4n) is 0. The van der Waals surface area contributed by atoms with E-state index in [0.717, 1.165) is 0 Å². The number of rotatable bonds is 0. The normalized spacial score (nSPS) is 0. The third kappa shape index (κ3) is 8.87. The summed E-state index contributed by atoms with van der Waals surface area (Å²) in [5.41, 5.74) is 0. The Balaban J connectivity index is 0. The molecule has 0 amide bonds. The van der Waals surface area contributed by atoms with Crippen LogP contribution in [-0.4, -0.2) is 44.7 Å². The van der Waals surface area contributed by atoms with Crippen LogP contribution in [0.15, 0.2) is 0 Å². The molecular weight excluding hydrogens is 297 g/mol. The Morgan fingerprint density at radius 1 is 1.00 bits per heavy atom. The fourth-order valence-corrected chi connectivity index (χ4v) is 0. The van der Waals surface area contributed by atoms with Crippen LogP contribution in [0.25, 0.3) is 0 Å². The third-order valence-electron chi connectivity index (χ3n) is 0. The van der Waals surface area contributed by atoms with Crippen molar-refractivity contribution in [3.05, 3.63) is 0 Å². The first-order chi connectivity index (χ1) is 0. The summed E-state index contributed by atoms with van der Waals surface area (Å²) < 4.78 is 0. The maximum absolute atomic E-state index is 0. The molecule has 0 bridgehead atoms. The SMILES string of the molecule is P.S.[AlH3].[PbH2]. The second-order valence-corrected chi connectivity index (χ2v) is 0. The Hall–Kier alpha value is 2.23. The summed E-state index contributed by atoms with van der Waals surface area (Å²) >= 11 is 0. The summed E-state index contributed by atoms with van der Waals surface area (Å²) in [7, 11) is 0. The Morgan fingerprint density at radius 3 is 1.00 bits per heavy atom. The van der Waals surface area contributed by atoms with Crippen LogP contribution in [0.3, 0.4) is 0 Å². The monoisotopic (exact) mass is 308 g/mol. The Labute approximate surface area is 67.5 Å². The van der Waals surface area contributed by atoms with Gasteiger partial charge >= 0.3 is 27.3 Å². The molecule has 0 aliphatic heterocycles. The van der Waals surface area contributed by atoms with E-state index in [1.54, 1.807) is 0 Å². The van der Waals surface area contributed by atoms with Crippen molar-refractivity contribution in [3.8, 4) is 0 Å². The first-order valence-corrected chi connectivity index (χ1v) is 0. The van der Waals surface area contributed by atoms with Crippen LogP contribution in [0.5, 0.6) is 0 Å². The van der Waals surface area contributed by atoms with Crippen molar-refractivity contribution in [1.29, 1.82) is 0 Å². The van der Waals surface area contributed by atoms with E-state index in [1.807, 2.05) is 0 Å². The van der Waals surface area contributed by atoms with Crippen molar-refractivity contribution in [2.75, 3.05) is 0 Å². The van der Waals surface area contributed by atoms with Crippen LogP contribution in [0.2, 0.25) is 0 Å². The molecule has 2 radical (unpaired) electrons. The predicted octanol–water partition coefficient (Wildman–Crippen LogP) is -1.93. The molecule has 0 aliphatic carbocycles. The van der Waals surface area contributed by atoms with Crippen molar-refractivity contribution in [3.63, 3.8) is 0 Å². The van der Waals surface area contributed by atoms with E-state index in [4.69, 9.17) is 0 Å². The molecule has 0 aromatic rings. The summed E-state index contributed by atoms with van der Waals surface area (Å²) in [4.78, 5) is 0. The summed E-state index contributed by atoms with van der Waals surface area (Å²) in [5, 5.41) is 0. The topological polar surface area (TPSA) is 0 Å². The van der Waals surface area contributed by atoms with Gasteiger partial charge in [-0.2, -0.15) is 23.4 Å². The van der Waals surface area contributed by atoms with Gasteiger partial charge in [-0.05, 0) is 0 Å². The van der Waals surface area contributed by atoms with Crippen LogP contribution in [0.1, 0.15) is 0 Å². The molecule has 0 aromatic carbocycles. The standard InChI is InChI=1S/Al.H3P.Pb.H2S.5H/h;1H3;;1H2;;;;;. The molecule has 0 N–H and O–H groups in total. The second-order valence-electron chi connectivity index (χ2n) is 0. The van der Waals surface area contributed by atoms with Gasteiger partial charge in [0.1, 0.15) is 0 Å². The van der Waals surface area contributed by atoms with Crippen molar-refractivity contribution >= 4 is 68.1 Å². The molecule has 0 rings (SSSR count). The average molecular weight is 307 g/mol. The van der Waals surface area contributed by atoms with Crippen molar-refractivity contribution in [2.45, 2.75) is 0 Å². The van der Waals surface area contributed by atoms with Crippen LogP contribution < -0.4 is 0 Å². The molecule has 0 aliphatic rings. The van der Waals surface area contributed by atoms with Crippen LogP contribution in [-0.2, 0) is 0 Å². The fraction of sp³-hybridized carbons (Fsp3) is 0. The van der Waals surface area contributed by atoms with E-state index in [2.05, 4.69) is 0 Å². The van der Waals surface area contributed by atoms with Gasteiger partial charge in [-0.15, -0.1) is 0 Å².